The van der Waals surface area contributed by atoms with Crippen LogP contribution in [-0.4, -0.2) is 5.78 Å². The zero-order valence-electron chi connectivity index (χ0n) is 9.54. The van der Waals surface area contributed by atoms with Gasteiger partial charge in [-0.25, -0.2) is 0 Å². The third-order valence-corrected chi connectivity index (χ3v) is 2.48. The van der Waals surface area contributed by atoms with Gasteiger partial charge in [-0.15, -0.1) is 0 Å². The highest BCUT2D eigenvalue weighted by atomic mass is 16.1. The first-order valence-electron chi connectivity index (χ1n) is 5.64. The highest BCUT2D eigenvalue weighted by Gasteiger charge is 1.98. The Hall–Kier alpha value is -2.15. The lowest BCUT2D eigenvalue weighted by Gasteiger charge is -1.96. The Balaban J connectivity index is 1.96. The van der Waals surface area contributed by atoms with Crippen molar-refractivity contribution in [1.82, 2.24) is 0 Å². The molecule has 0 aromatic heterocycles. The zero-order chi connectivity index (χ0) is 11.9. The second-order valence-electron chi connectivity index (χ2n) is 3.87. The molecule has 0 aliphatic rings. The van der Waals surface area contributed by atoms with Gasteiger partial charge in [0.1, 0.15) is 0 Å². The molecule has 2 aromatic carbocycles. The van der Waals surface area contributed by atoms with Gasteiger partial charge in [0, 0.05) is 6.42 Å². The van der Waals surface area contributed by atoms with E-state index in [1.165, 1.54) is 0 Å². The van der Waals surface area contributed by atoms with Crippen molar-refractivity contribution in [3.63, 3.8) is 0 Å². The lowest BCUT2D eigenvalue weighted by atomic mass is 10.1. The Morgan fingerprint density at radius 1 is 0.882 bits per heavy atom. The number of hydrogen-bond donors (Lipinski definition) is 0. The lowest BCUT2D eigenvalue weighted by molar-refractivity contribution is -0.113. The molecule has 0 aliphatic carbocycles. The summed E-state index contributed by atoms with van der Waals surface area (Å²) in [5, 5.41) is 0. The van der Waals surface area contributed by atoms with Gasteiger partial charge in [0.05, 0.1) is 0 Å². The molecule has 0 unspecified atom stereocenters. The molecule has 0 saturated heterocycles. The van der Waals surface area contributed by atoms with Gasteiger partial charge in [0.25, 0.3) is 0 Å². The van der Waals surface area contributed by atoms with Crippen LogP contribution < -0.4 is 0 Å². The molecule has 0 heterocycles. The Morgan fingerprint density at radius 3 is 2.12 bits per heavy atom. The molecule has 0 atom stereocenters. The fraction of sp³-hybridized carbons (Fsp3) is 0.0625. The molecule has 1 nitrogen and oxygen atoms in total. The van der Waals surface area contributed by atoms with E-state index in [-0.39, 0.29) is 5.78 Å². The number of carbonyl (C=O) groups is 1. The van der Waals surface area contributed by atoms with Crippen molar-refractivity contribution in [3.8, 4) is 0 Å². The Labute approximate surface area is 101 Å². The lowest BCUT2D eigenvalue weighted by Crippen LogP contribution is -1.97. The first-order chi connectivity index (χ1) is 8.34. The van der Waals surface area contributed by atoms with Gasteiger partial charge in [-0.3, -0.25) is 4.79 Å². The van der Waals surface area contributed by atoms with E-state index in [2.05, 4.69) is 0 Å². The van der Waals surface area contributed by atoms with Crippen LogP contribution in [0.3, 0.4) is 0 Å². The monoisotopic (exact) mass is 222 g/mol. The molecular formula is C16H14O. The van der Waals surface area contributed by atoms with Gasteiger partial charge in [-0.2, -0.15) is 0 Å². The summed E-state index contributed by atoms with van der Waals surface area (Å²) < 4.78 is 0. The number of allylic oxidation sites excluding steroid dienone is 1. The van der Waals surface area contributed by atoms with E-state index in [1.54, 1.807) is 6.08 Å². The van der Waals surface area contributed by atoms with Crippen molar-refractivity contribution < 1.29 is 4.79 Å². The normalized spacial score (nSPS) is 10.6. The third kappa shape index (κ3) is 3.72. The van der Waals surface area contributed by atoms with Crippen molar-refractivity contribution >= 4 is 11.9 Å². The average Bonchev–Trinajstić information content (AvgIpc) is 2.39. The van der Waals surface area contributed by atoms with E-state index < -0.39 is 0 Å². The van der Waals surface area contributed by atoms with E-state index in [1.807, 2.05) is 66.7 Å². The predicted octanol–water partition coefficient (Wildman–Crippen LogP) is 3.51. The van der Waals surface area contributed by atoms with Gasteiger partial charge >= 0.3 is 0 Å². The van der Waals surface area contributed by atoms with Crippen LogP contribution in [0.15, 0.2) is 66.7 Å². The minimum Gasteiger partial charge on any atom is -0.294 e. The minimum absolute atomic E-state index is 0.125. The summed E-state index contributed by atoms with van der Waals surface area (Å²) >= 11 is 0. The summed E-state index contributed by atoms with van der Waals surface area (Å²) in [5.74, 6) is 0.125. The summed E-state index contributed by atoms with van der Waals surface area (Å²) in [7, 11) is 0. The summed E-state index contributed by atoms with van der Waals surface area (Å²) in [5.41, 5.74) is 2.10. The van der Waals surface area contributed by atoms with Crippen molar-refractivity contribution in [2.75, 3.05) is 0 Å². The topological polar surface area (TPSA) is 17.1 Å². The summed E-state index contributed by atoms with van der Waals surface area (Å²) in [6, 6.07) is 19.6. The van der Waals surface area contributed by atoms with Crippen LogP contribution in [0.1, 0.15) is 11.1 Å². The average molecular weight is 222 g/mol. The minimum atomic E-state index is 0.125. The molecule has 0 amide bonds. The van der Waals surface area contributed by atoms with Crippen LogP contribution in [0, 0.1) is 0 Å². The molecule has 2 aromatic rings. The molecule has 0 aliphatic heterocycles. The Bertz CT molecular complexity index is 498. The van der Waals surface area contributed by atoms with Gasteiger partial charge in [0.15, 0.2) is 5.78 Å². The molecule has 0 fully saturated rings. The standard InChI is InChI=1S/C16H14O/c17-16(13-15-9-5-2-6-10-15)12-11-14-7-3-1-4-8-14/h1-12H,13H2. The van der Waals surface area contributed by atoms with E-state index in [0.29, 0.717) is 6.42 Å². The fourth-order valence-corrected chi connectivity index (χ4v) is 1.61. The predicted molar refractivity (Wildman–Crippen MR) is 70.6 cm³/mol. The summed E-state index contributed by atoms with van der Waals surface area (Å²) in [6.45, 7) is 0. The molecule has 0 spiro atoms. The van der Waals surface area contributed by atoms with Gasteiger partial charge < -0.3 is 0 Å². The maximum Gasteiger partial charge on any atom is 0.160 e. The van der Waals surface area contributed by atoms with Crippen LogP contribution in [0.4, 0.5) is 0 Å². The summed E-state index contributed by atoms with van der Waals surface area (Å²) in [4.78, 5) is 11.7. The van der Waals surface area contributed by atoms with E-state index in [4.69, 9.17) is 0 Å². The maximum absolute atomic E-state index is 11.7. The Kier molecular flexibility index (Phi) is 3.87. The van der Waals surface area contributed by atoms with Crippen molar-refractivity contribution in [2.45, 2.75) is 6.42 Å². The van der Waals surface area contributed by atoms with Gasteiger partial charge in [-0.05, 0) is 17.2 Å². The van der Waals surface area contributed by atoms with Crippen LogP contribution in [0.2, 0.25) is 0 Å². The third-order valence-electron chi connectivity index (χ3n) is 2.48. The van der Waals surface area contributed by atoms with Gasteiger partial charge in [-0.1, -0.05) is 66.7 Å². The molecule has 2 rings (SSSR count). The quantitative estimate of drug-likeness (QED) is 0.723. The molecule has 0 saturated carbocycles. The van der Waals surface area contributed by atoms with Crippen LogP contribution in [0.25, 0.3) is 6.08 Å². The largest absolute Gasteiger partial charge is 0.294 e. The second kappa shape index (κ2) is 5.80. The first-order valence-corrected chi connectivity index (χ1v) is 5.64. The number of benzene rings is 2. The van der Waals surface area contributed by atoms with Gasteiger partial charge in [0.2, 0.25) is 0 Å². The van der Waals surface area contributed by atoms with Crippen LogP contribution >= 0.6 is 0 Å². The molecule has 0 bridgehead atoms. The van der Waals surface area contributed by atoms with Crippen LogP contribution in [-0.2, 0) is 11.2 Å². The smallest absolute Gasteiger partial charge is 0.160 e. The molecule has 0 N–H and O–H groups in total. The molecule has 84 valence electrons. The molecule has 0 radical (unpaired) electrons. The van der Waals surface area contributed by atoms with Crippen molar-refractivity contribution in [3.05, 3.63) is 77.9 Å². The van der Waals surface area contributed by atoms with Crippen molar-refractivity contribution in [2.24, 2.45) is 0 Å². The Morgan fingerprint density at radius 2 is 1.47 bits per heavy atom. The number of rotatable bonds is 4. The van der Waals surface area contributed by atoms with E-state index in [0.717, 1.165) is 11.1 Å². The van der Waals surface area contributed by atoms with Crippen molar-refractivity contribution in [1.29, 1.82) is 0 Å². The highest BCUT2D eigenvalue weighted by molar-refractivity contribution is 5.94. The molecule has 1 heteroatoms. The van der Waals surface area contributed by atoms with Crippen LogP contribution in [0.5, 0.6) is 0 Å². The second-order valence-corrected chi connectivity index (χ2v) is 3.87. The van der Waals surface area contributed by atoms with E-state index in [9.17, 15) is 4.79 Å². The number of hydrogen-bond acceptors (Lipinski definition) is 1. The maximum atomic E-state index is 11.7. The summed E-state index contributed by atoms with van der Waals surface area (Å²) in [6.07, 6.45) is 3.96. The highest BCUT2D eigenvalue weighted by Crippen LogP contribution is 2.04. The number of ketones is 1. The molecular weight excluding hydrogens is 208 g/mol. The number of carbonyl (C=O) groups excluding carboxylic acids is 1. The fourth-order valence-electron chi connectivity index (χ4n) is 1.61. The first kappa shape index (κ1) is 11.3. The SMILES string of the molecule is O=C(C=Cc1ccccc1)Cc1ccccc1. The molecule has 17 heavy (non-hydrogen) atoms. The zero-order valence-corrected chi connectivity index (χ0v) is 9.54. The van der Waals surface area contributed by atoms with E-state index >= 15 is 0 Å².